The third kappa shape index (κ3) is 2.98. The fraction of sp³-hybridized carbons (Fsp3) is 0.188. The highest BCUT2D eigenvalue weighted by atomic mass is 15.2. The second-order valence-corrected chi connectivity index (χ2v) is 4.21. The highest BCUT2D eigenvalue weighted by Crippen LogP contribution is 2.09. The van der Waals surface area contributed by atoms with Crippen molar-refractivity contribution >= 4 is 5.84 Å². The minimum atomic E-state index is 0.585. The summed E-state index contributed by atoms with van der Waals surface area (Å²) < 4.78 is 0. The zero-order chi connectivity index (χ0) is 12.8. The predicted octanol–water partition coefficient (Wildman–Crippen LogP) is 3.53. The fourth-order valence-electron chi connectivity index (χ4n) is 1.93. The first-order valence-electron chi connectivity index (χ1n) is 6.24. The zero-order valence-corrected chi connectivity index (χ0v) is 10.6. The lowest BCUT2D eigenvalue weighted by Gasteiger charge is -2.23. The van der Waals surface area contributed by atoms with E-state index >= 15 is 0 Å². The Labute approximate surface area is 108 Å². The summed E-state index contributed by atoms with van der Waals surface area (Å²) in [4.78, 5) is 2.07. The molecule has 0 bridgehead atoms. The molecule has 0 radical (unpaired) electrons. The molecule has 2 aromatic rings. The molecule has 2 heteroatoms. The van der Waals surface area contributed by atoms with E-state index in [0.29, 0.717) is 5.84 Å². The van der Waals surface area contributed by atoms with Crippen LogP contribution in [0.2, 0.25) is 0 Å². The van der Waals surface area contributed by atoms with Gasteiger partial charge in [0.15, 0.2) is 0 Å². The molecule has 0 amide bonds. The fourth-order valence-corrected chi connectivity index (χ4v) is 1.93. The topological polar surface area (TPSA) is 27.1 Å². The van der Waals surface area contributed by atoms with Crippen LogP contribution in [0.4, 0.5) is 0 Å². The summed E-state index contributed by atoms with van der Waals surface area (Å²) in [6.07, 6.45) is 0. The lowest BCUT2D eigenvalue weighted by molar-refractivity contribution is 0.433. The van der Waals surface area contributed by atoms with Crippen molar-refractivity contribution in [1.29, 1.82) is 5.41 Å². The molecule has 92 valence electrons. The van der Waals surface area contributed by atoms with Gasteiger partial charge in [0, 0.05) is 18.7 Å². The molecule has 0 saturated carbocycles. The van der Waals surface area contributed by atoms with Crippen molar-refractivity contribution in [1.82, 2.24) is 4.90 Å². The van der Waals surface area contributed by atoms with E-state index < -0.39 is 0 Å². The quantitative estimate of drug-likeness (QED) is 0.640. The normalized spacial score (nSPS) is 10.1. The van der Waals surface area contributed by atoms with Gasteiger partial charge in [0.2, 0.25) is 0 Å². The Morgan fingerprint density at radius 2 is 1.50 bits per heavy atom. The molecule has 0 atom stereocenters. The van der Waals surface area contributed by atoms with Gasteiger partial charge in [0.05, 0.1) is 0 Å². The van der Waals surface area contributed by atoms with Crippen LogP contribution in [0.15, 0.2) is 60.7 Å². The van der Waals surface area contributed by atoms with Crippen molar-refractivity contribution in [2.45, 2.75) is 13.5 Å². The summed E-state index contributed by atoms with van der Waals surface area (Å²) in [6.45, 7) is 3.70. The average molecular weight is 238 g/mol. The van der Waals surface area contributed by atoms with Crippen LogP contribution in [0.3, 0.4) is 0 Å². The Morgan fingerprint density at radius 1 is 0.944 bits per heavy atom. The Hall–Kier alpha value is -2.09. The number of hydrogen-bond donors (Lipinski definition) is 1. The summed E-state index contributed by atoms with van der Waals surface area (Å²) in [5, 5.41) is 8.26. The van der Waals surface area contributed by atoms with E-state index in [1.54, 1.807) is 0 Å². The highest BCUT2D eigenvalue weighted by molar-refractivity contribution is 5.96. The van der Waals surface area contributed by atoms with Gasteiger partial charge in [0.1, 0.15) is 5.84 Å². The Bertz CT molecular complexity index is 491. The maximum atomic E-state index is 8.26. The van der Waals surface area contributed by atoms with E-state index in [-0.39, 0.29) is 0 Å². The average Bonchev–Trinajstić information content (AvgIpc) is 2.46. The Morgan fingerprint density at radius 3 is 2.06 bits per heavy atom. The summed E-state index contributed by atoms with van der Waals surface area (Å²) in [5.41, 5.74) is 2.20. The largest absolute Gasteiger partial charge is 0.353 e. The first kappa shape index (κ1) is 12.4. The molecule has 0 aromatic heterocycles. The lowest BCUT2D eigenvalue weighted by atomic mass is 10.1. The maximum absolute atomic E-state index is 8.26. The van der Waals surface area contributed by atoms with Crippen LogP contribution < -0.4 is 0 Å². The van der Waals surface area contributed by atoms with Crippen LogP contribution in [0.25, 0.3) is 0 Å². The van der Waals surface area contributed by atoms with Crippen LogP contribution in [-0.2, 0) is 6.54 Å². The molecular formula is C16H18N2. The van der Waals surface area contributed by atoms with Gasteiger partial charge in [-0.2, -0.15) is 0 Å². The first-order valence-corrected chi connectivity index (χ1v) is 6.24. The van der Waals surface area contributed by atoms with Gasteiger partial charge in [-0.05, 0) is 12.5 Å². The predicted molar refractivity (Wildman–Crippen MR) is 75.8 cm³/mol. The van der Waals surface area contributed by atoms with Crippen molar-refractivity contribution in [2.75, 3.05) is 6.54 Å². The Kier molecular flexibility index (Phi) is 4.13. The molecule has 0 aliphatic heterocycles. The molecular weight excluding hydrogens is 220 g/mol. The highest BCUT2D eigenvalue weighted by Gasteiger charge is 2.09. The van der Waals surface area contributed by atoms with Crippen LogP contribution in [-0.4, -0.2) is 17.3 Å². The summed E-state index contributed by atoms with van der Waals surface area (Å²) in [5.74, 6) is 0.585. The molecule has 0 aliphatic carbocycles. The van der Waals surface area contributed by atoms with Crippen LogP contribution in [0, 0.1) is 5.41 Å². The van der Waals surface area contributed by atoms with Crippen LogP contribution >= 0.6 is 0 Å². The van der Waals surface area contributed by atoms with E-state index in [1.807, 2.05) is 48.5 Å². The minimum absolute atomic E-state index is 0.585. The van der Waals surface area contributed by atoms with Gasteiger partial charge in [-0.15, -0.1) is 0 Å². The number of hydrogen-bond acceptors (Lipinski definition) is 1. The lowest BCUT2D eigenvalue weighted by Crippen LogP contribution is -2.30. The minimum Gasteiger partial charge on any atom is -0.353 e. The molecule has 0 heterocycles. The SMILES string of the molecule is CCN(Cc1ccccc1)C(=N)c1ccccc1. The molecule has 0 aliphatic rings. The molecule has 0 fully saturated rings. The van der Waals surface area contributed by atoms with Gasteiger partial charge >= 0.3 is 0 Å². The summed E-state index contributed by atoms with van der Waals surface area (Å²) in [6, 6.07) is 20.2. The van der Waals surface area contributed by atoms with Crippen molar-refractivity contribution < 1.29 is 0 Å². The van der Waals surface area contributed by atoms with E-state index in [0.717, 1.165) is 18.7 Å². The molecule has 0 saturated heterocycles. The zero-order valence-electron chi connectivity index (χ0n) is 10.6. The Balaban J connectivity index is 2.12. The summed E-state index contributed by atoms with van der Waals surface area (Å²) >= 11 is 0. The van der Waals surface area contributed by atoms with Gasteiger partial charge in [-0.1, -0.05) is 60.7 Å². The smallest absolute Gasteiger partial charge is 0.128 e. The number of nitrogens with zero attached hydrogens (tertiary/aromatic N) is 1. The van der Waals surface area contributed by atoms with Crippen molar-refractivity contribution in [3.8, 4) is 0 Å². The summed E-state index contributed by atoms with van der Waals surface area (Å²) in [7, 11) is 0. The molecule has 0 unspecified atom stereocenters. The molecule has 1 N–H and O–H groups in total. The van der Waals surface area contributed by atoms with Gasteiger partial charge in [-0.3, -0.25) is 5.41 Å². The molecule has 2 rings (SSSR count). The second kappa shape index (κ2) is 6.01. The number of rotatable bonds is 4. The standard InChI is InChI=1S/C16H18N2/c1-2-18(13-14-9-5-3-6-10-14)16(17)15-11-7-4-8-12-15/h3-12,17H,2,13H2,1H3. The van der Waals surface area contributed by atoms with E-state index in [2.05, 4.69) is 24.0 Å². The third-order valence-corrected chi connectivity index (χ3v) is 2.96. The second-order valence-electron chi connectivity index (χ2n) is 4.21. The first-order chi connectivity index (χ1) is 8.81. The molecule has 0 spiro atoms. The molecule has 18 heavy (non-hydrogen) atoms. The number of amidine groups is 1. The monoisotopic (exact) mass is 238 g/mol. The van der Waals surface area contributed by atoms with Crippen molar-refractivity contribution in [2.24, 2.45) is 0 Å². The van der Waals surface area contributed by atoms with Gasteiger partial charge < -0.3 is 4.90 Å². The van der Waals surface area contributed by atoms with Gasteiger partial charge in [-0.25, -0.2) is 0 Å². The number of nitrogens with one attached hydrogen (secondary N) is 1. The van der Waals surface area contributed by atoms with Gasteiger partial charge in [0.25, 0.3) is 0 Å². The van der Waals surface area contributed by atoms with E-state index in [4.69, 9.17) is 5.41 Å². The van der Waals surface area contributed by atoms with Crippen molar-refractivity contribution in [3.63, 3.8) is 0 Å². The molecule has 2 aromatic carbocycles. The third-order valence-electron chi connectivity index (χ3n) is 2.96. The molecule has 2 nitrogen and oxygen atoms in total. The maximum Gasteiger partial charge on any atom is 0.128 e. The van der Waals surface area contributed by atoms with Crippen LogP contribution in [0.1, 0.15) is 18.1 Å². The van der Waals surface area contributed by atoms with Crippen LogP contribution in [0.5, 0.6) is 0 Å². The van der Waals surface area contributed by atoms with E-state index in [1.165, 1.54) is 5.56 Å². The van der Waals surface area contributed by atoms with Crippen molar-refractivity contribution in [3.05, 3.63) is 71.8 Å². The number of benzene rings is 2. The van der Waals surface area contributed by atoms with E-state index in [9.17, 15) is 0 Å².